The van der Waals surface area contributed by atoms with E-state index in [1.165, 1.54) is 17.7 Å². The van der Waals surface area contributed by atoms with E-state index in [-0.39, 0.29) is 11.7 Å². The number of aromatic nitrogens is 1. The molecule has 114 valence electrons. The number of carbonyl (C=O) groups is 1. The Labute approximate surface area is 129 Å². The normalized spacial score (nSPS) is 18.2. The van der Waals surface area contributed by atoms with Crippen LogP contribution in [0.3, 0.4) is 0 Å². The van der Waals surface area contributed by atoms with Crippen LogP contribution in [0.4, 0.5) is 4.39 Å². The van der Waals surface area contributed by atoms with Crippen molar-refractivity contribution in [3.63, 3.8) is 0 Å². The zero-order valence-electron chi connectivity index (χ0n) is 12.4. The van der Waals surface area contributed by atoms with E-state index in [4.69, 9.17) is 0 Å². The minimum absolute atomic E-state index is 0.00381. The number of carbonyl (C=O) groups excluding carboxylic acids is 1. The summed E-state index contributed by atoms with van der Waals surface area (Å²) in [5.74, 6) is 0.142. The molecule has 0 radical (unpaired) electrons. The van der Waals surface area contributed by atoms with Crippen LogP contribution in [-0.4, -0.2) is 28.9 Å². The Kier molecular flexibility index (Phi) is 4.47. The molecule has 1 atom stereocenters. The van der Waals surface area contributed by atoms with Gasteiger partial charge in [-0.2, -0.15) is 0 Å². The number of amides is 1. The predicted octanol–water partition coefficient (Wildman–Crippen LogP) is 3.32. The van der Waals surface area contributed by atoms with Crippen molar-refractivity contribution in [1.29, 1.82) is 0 Å². The van der Waals surface area contributed by atoms with Crippen LogP contribution in [0.15, 0.2) is 48.8 Å². The fraction of sp³-hybridized carbons (Fsp3) is 0.333. The molecule has 1 aromatic carbocycles. The van der Waals surface area contributed by atoms with Gasteiger partial charge in [0.2, 0.25) is 0 Å². The van der Waals surface area contributed by atoms with Gasteiger partial charge in [0.1, 0.15) is 5.82 Å². The number of pyridine rings is 1. The lowest BCUT2D eigenvalue weighted by atomic mass is 9.91. The third-order valence-corrected chi connectivity index (χ3v) is 4.14. The molecule has 1 aromatic heterocycles. The van der Waals surface area contributed by atoms with Crippen molar-refractivity contribution in [2.75, 3.05) is 13.1 Å². The van der Waals surface area contributed by atoms with Gasteiger partial charge in [-0.15, -0.1) is 0 Å². The molecule has 3 nitrogen and oxygen atoms in total. The summed E-state index contributed by atoms with van der Waals surface area (Å²) in [5.41, 5.74) is 1.77. The molecular weight excluding hydrogens is 279 g/mol. The molecule has 2 aromatic rings. The Bertz CT molecular complexity index is 627. The van der Waals surface area contributed by atoms with Crippen LogP contribution in [0.25, 0.3) is 0 Å². The summed E-state index contributed by atoms with van der Waals surface area (Å²) in [6.45, 7) is 1.53. The molecule has 0 spiro atoms. The first kappa shape index (κ1) is 14.7. The Hall–Kier alpha value is -2.23. The molecule has 4 heteroatoms. The highest BCUT2D eigenvalue weighted by atomic mass is 19.1. The molecule has 1 saturated heterocycles. The van der Waals surface area contributed by atoms with Crippen LogP contribution in [0, 0.1) is 11.7 Å². The molecular formula is C18H19FN2O. The highest BCUT2D eigenvalue weighted by Crippen LogP contribution is 2.22. The first-order valence-electron chi connectivity index (χ1n) is 7.66. The second kappa shape index (κ2) is 6.69. The Morgan fingerprint density at radius 1 is 1.27 bits per heavy atom. The third kappa shape index (κ3) is 3.50. The summed E-state index contributed by atoms with van der Waals surface area (Å²) < 4.78 is 13.0. The largest absolute Gasteiger partial charge is 0.338 e. The van der Waals surface area contributed by atoms with Gasteiger partial charge in [0.05, 0.1) is 0 Å². The Balaban J connectivity index is 1.65. The zero-order valence-corrected chi connectivity index (χ0v) is 12.4. The summed E-state index contributed by atoms with van der Waals surface area (Å²) in [7, 11) is 0. The number of likely N-dealkylation sites (tertiary alicyclic amines) is 1. The number of hydrogen-bond donors (Lipinski definition) is 0. The monoisotopic (exact) mass is 298 g/mol. The maximum Gasteiger partial charge on any atom is 0.253 e. The number of nitrogens with zero attached hydrogens (tertiary/aromatic N) is 2. The van der Waals surface area contributed by atoms with Crippen LogP contribution < -0.4 is 0 Å². The fourth-order valence-corrected chi connectivity index (χ4v) is 3.04. The van der Waals surface area contributed by atoms with Crippen molar-refractivity contribution < 1.29 is 9.18 Å². The number of piperidine rings is 1. The van der Waals surface area contributed by atoms with Gasteiger partial charge in [-0.1, -0.05) is 6.07 Å². The predicted molar refractivity (Wildman–Crippen MR) is 83.0 cm³/mol. The van der Waals surface area contributed by atoms with Crippen molar-refractivity contribution in [3.05, 3.63) is 65.7 Å². The van der Waals surface area contributed by atoms with Crippen molar-refractivity contribution in [2.45, 2.75) is 19.3 Å². The zero-order chi connectivity index (χ0) is 15.4. The quantitative estimate of drug-likeness (QED) is 0.871. The fourth-order valence-electron chi connectivity index (χ4n) is 3.04. The van der Waals surface area contributed by atoms with Gasteiger partial charge in [0.15, 0.2) is 0 Å². The van der Waals surface area contributed by atoms with Crippen LogP contribution in [0.2, 0.25) is 0 Å². The minimum atomic E-state index is -0.315. The molecule has 0 saturated carbocycles. The van der Waals surface area contributed by atoms with Crippen molar-refractivity contribution in [3.8, 4) is 0 Å². The van der Waals surface area contributed by atoms with Crippen LogP contribution >= 0.6 is 0 Å². The molecule has 1 aliphatic heterocycles. The van der Waals surface area contributed by atoms with Gasteiger partial charge in [0.25, 0.3) is 5.91 Å². The number of rotatable bonds is 3. The molecule has 0 N–H and O–H groups in total. The van der Waals surface area contributed by atoms with E-state index in [1.807, 2.05) is 17.2 Å². The summed E-state index contributed by atoms with van der Waals surface area (Å²) in [5, 5.41) is 0. The van der Waals surface area contributed by atoms with Crippen molar-refractivity contribution in [2.24, 2.45) is 5.92 Å². The maximum absolute atomic E-state index is 13.0. The first-order chi connectivity index (χ1) is 10.7. The standard InChI is InChI=1S/C18H19FN2O/c19-17-7-5-16(6-8-17)18(22)21-10-2-4-15(13-21)11-14-3-1-9-20-12-14/h1,3,5-9,12,15H,2,4,10-11,13H2. The van der Waals surface area contributed by atoms with E-state index in [2.05, 4.69) is 11.1 Å². The third-order valence-electron chi connectivity index (χ3n) is 4.14. The topological polar surface area (TPSA) is 33.2 Å². The van der Waals surface area contributed by atoms with Crippen molar-refractivity contribution >= 4 is 5.91 Å². The summed E-state index contributed by atoms with van der Waals surface area (Å²) in [6, 6.07) is 9.81. The Morgan fingerprint density at radius 2 is 2.09 bits per heavy atom. The average Bonchev–Trinajstić information content (AvgIpc) is 2.56. The smallest absolute Gasteiger partial charge is 0.253 e. The lowest BCUT2D eigenvalue weighted by Gasteiger charge is -2.33. The van der Waals surface area contributed by atoms with E-state index in [9.17, 15) is 9.18 Å². The summed E-state index contributed by atoms with van der Waals surface area (Å²) >= 11 is 0. The van der Waals surface area contributed by atoms with Crippen LogP contribution in [0.1, 0.15) is 28.8 Å². The second-order valence-electron chi connectivity index (χ2n) is 5.83. The second-order valence-corrected chi connectivity index (χ2v) is 5.83. The molecule has 0 aliphatic carbocycles. The maximum atomic E-state index is 13.0. The molecule has 1 aliphatic rings. The summed E-state index contributed by atoms with van der Waals surface area (Å²) in [6.07, 6.45) is 6.75. The number of halogens is 1. The van der Waals surface area contributed by atoms with Crippen molar-refractivity contribution in [1.82, 2.24) is 9.88 Å². The SMILES string of the molecule is O=C(c1ccc(F)cc1)N1CCCC(Cc2cccnc2)C1. The molecule has 3 rings (SSSR count). The van der Waals surface area contributed by atoms with Gasteiger partial charge in [-0.3, -0.25) is 9.78 Å². The van der Waals surface area contributed by atoms with Crippen LogP contribution in [-0.2, 0) is 6.42 Å². The van der Waals surface area contributed by atoms with Gasteiger partial charge < -0.3 is 4.90 Å². The number of hydrogen-bond acceptors (Lipinski definition) is 2. The van der Waals surface area contributed by atoms with Gasteiger partial charge in [-0.25, -0.2) is 4.39 Å². The molecule has 1 amide bonds. The molecule has 2 heterocycles. The first-order valence-corrected chi connectivity index (χ1v) is 7.66. The number of benzene rings is 1. The lowest BCUT2D eigenvalue weighted by Crippen LogP contribution is -2.40. The van der Waals surface area contributed by atoms with Gasteiger partial charge in [0, 0.05) is 31.0 Å². The van der Waals surface area contributed by atoms with E-state index >= 15 is 0 Å². The minimum Gasteiger partial charge on any atom is -0.338 e. The lowest BCUT2D eigenvalue weighted by molar-refractivity contribution is 0.0673. The van der Waals surface area contributed by atoms with E-state index in [0.29, 0.717) is 11.5 Å². The Morgan fingerprint density at radius 3 is 2.82 bits per heavy atom. The molecule has 1 fully saturated rings. The molecule has 0 bridgehead atoms. The van der Waals surface area contributed by atoms with Gasteiger partial charge in [-0.05, 0) is 61.1 Å². The van der Waals surface area contributed by atoms with Gasteiger partial charge >= 0.3 is 0 Å². The highest BCUT2D eigenvalue weighted by Gasteiger charge is 2.24. The highest BCUT2D eigenvalue weighted by molar-refractivity contribution is 5.94. The van der Waals surface area contributed by atoms with E-state index < -0.39 is 0 Å². The van der Waals surface area contributed by atoms with Crippen LogP contribution in [0.5, 0.6) is 0 Å². The van der Waals surface area contributed by atoms with E-state index in [1.54, 1.807) is 18.3 Å². The summed E-state index contributed by atoms with van der Waals surface area (Å²) in [4.78, 5) is 18.5. The average molecular weight is 298 g/mol. The van der Waals surface area contributed by atoms with E-state index in [0.717, 1.165) is 32.4 Å². The molecule has 1 unspecified atom stereocenters. The molecule has 22 heavy (non-hydrogen) atoms.